The second-order valence-corrected chi connectivity index (χ2v) is 9.58. The number of benzene rings is 2. The maximum Gasteiger partial charge on any atom is 0.254 e. The maximum absolute atomic E-state index is 13.2. The Labute approximate surface area is 156 Å². The lowest BCUT2D eigenvalue weighted by Crippen LogP contribution is -2.40. The van der Waals surface area contributed by atoms with Crippen LogP contribution in [0.15, 0.2) is 53.0 Å². The lowest BCUT2D eigenvalue weighted by Gasteiger charge is -2.29. The molecule has 1 heterocycles. The number of sulfone groups is 1. The first-order valence-corrected chi connectivity index (χ1v) is 10.8. The standard InChI is InChI=1S/C19H20BrNO3S/c1-14-5-2-3-8-18(14)19(22)21(17-9-10-25(23,24)13-17)12-15-6-4-7-16(20)11-15/h2-8,11,17H,9-10,12-13H2,1H3. The molecule has 0 saturated carbocycles. The molecule has 0 N–H and O–H groups in total. The van der Waals surface area contributed by atoms with Gasteiger partial charge in [0.1, 0.15) is 0 Å². The lowest BCUT2D eigenvalue weighted by atomic mass is 10.1. The SMILES string of the molecule is Cc1ccccc1C(=O)N(Cc1cccc(Br)c1)C1CCS(=O)(=O)C1. The van der Waals surface area contributed by atoms with Crippen molar-refractivity contribution in [3.63, 3.8) is 0 Å². The number of hydrogen-bond acceptors (Lipinski definition) is 3. The van der Waals surface area contributed by atoms with E-state index < -0.39 is 9.84 Å². The minimum absolute atomic E-state index is 0.0403. The van der Waals surface area contributed by atoms with E-state index in [1.807, 2.05) is 49.4 Å². The van der Waals surface area contributed by atoms with Crippen LogP contribution in [0.3, 0.4) is 0 Å². The van der Waals surface area contributed by atoms with Gasteiger partial charge in [0.15, 0.2) is 9.84 Å². The number of hydrogen-bond donors (Lipinski definition) is 0. The van der Waals surface area contributed by atoms with Gasteiger partial charge in [0.2, 0.25) is 0 Å². The number of halogens is 1. The van der Waals surface area contributed by atoms with Crippen molar-refractivity contribution in [2.75, 3.05) is 11.5 Å². The van der Waals surface area contributed by atoms with Crippen molar-refractivity contribution in [2.24, 2.45) is 0 Å². The molecule has 2 aromatic carbocycles. The number of nitrogens with zero attached hydrogens (tertiary/aromatic N) is 1. The van der Waals surface area contributed by atoms with Crippen molar-refractivity contribution in [2.45, 2.75) is 25.9 Å². The first-order valence-electron chi connectivity index (χ1n) is 8.17. The molecule has 1 atom stereocenters. The molecule has 1 saturated heterocycles. The average Bonchev–Trinajstić information content (AvgIpc) is 2.92. The number of aryl methyl sites for hydroxylation is 1. The highest BCUT2D eigenvalue weighted by atomic mass is 79.9. The predicted octanol–water partition coefficient (Wildman–Crippen LogP) is 3.59. The Hall–Kier alpha value is -1.66. The monoisotopic (exact) mass is 421 g/mol. The van der Waals surface area contributed by atoms with Crippen molar-refractivity contribution in [1.82, 2.24) is 4.90 Å². The van der Waals surface area contributed by atoms with Gasteiger partial charge in [0.25, 0.3) is 5.91 Å². The Bertz CT molecular complexity index is 895. The summed E-state index contributed by atoms with van der Waals surface area (Å²) in [4.78, 5) is 14.9. The summed E-state index contributed by atoms with van der Waals surface area (Å²) in [6.07, 6.45) is 0.494. The summed E-state index contributed by atoms with van der Waals surface area (Å²) in [6.45, 7) is 2.29. The summed E-state index contributed by atoms with van der Waals surface area (Å²) >= 11 is 3.45. The topological polar surface area (TPSA) is 54.5 Å². The van der Waals surface area contributed by atoms with E-state index in [2.05, 4.69) is 15.9 Å². The first kappa shape index (κ1) is 18.1. The van der Waals surface area contributed by atoms with Crippen LogP contribution in [0, 0.1) is 6.92 Å². The molecule has 0 radical (unpaired) electrons. The quantitative estimate of drug-likeness (QED) is 0.757. The Morgan fingerprint density at radius 1 is 1.20 bits per heavy atom. The van der Waals surface area contributed by atoms with Crippen LogP contribution in [-0.2, 0) is 16.4 Å². The molecule has 1 aliphatic rings. The van der Waals surface area contributed by atoms with Crippen LogP contribution in [0.1, 0.15) is 27.9 Å². The normalized spacial score (nSPS) is 18.9. The van der Waals surface area contributed by atoms with Crippen LogP contribution in [0.4, 0.5) is 0 Å². The van der Waals surface area contributed by atoms with Gasteiger partial charge in [0, 0.05) is 22.6 Å². The van der Waals surface area contributed by atoms with Crippen molar-refractivity contribution in [1.29, 1.82) is 0 Å². The van der Waals surface area contributed by atoms with E-state index in [9.17, 15) is 13.2 Å². The van der Waals surface area contributed by atoms with E-state index in [1.165, 1.54) is 0 Å². The fourth-order valence-corrected chi connectivity index (χ4v) is 5.36. The van der Waals surface area contributed by atoms with Gasteiger partial charge in [-0.15, -0.1) is 0 Å². The van der Waals surface area contributed by atoms with Crippen LogP contribution in [-0.4, -0.2) is 36.8 Å². The molecule has 2 aromatic rings. The molecule has 132 valence electrons. The third-order valence-electron chi connectivity index (χ3n) is 4.53. The molecule has 25 heavy (non-hydrogen) atoms. The molecular formula is C19H20BrNO3S. The van der Waals surface area contributed by atoms with Gasteiger partial charge in [-0.25, -0.2) is 8.42 Å². The summed E-state index contributed by atoms with van der Waals surface area (Å²) < 4.78 is 24.8. The zero-order valence-electron chi connectivity index (χ0n) is 14.0. The highest BCUT2D eigenvalue weighted by Gasteiger charge is 2.35. The minimum Gasteiger partial charge on any atom is -0.330 e. The highest BCUT2D eigenvalue weighted by Crippen LogP contribution is 2.24. The molecule has 0 aliphatic carbocycles. The Kier molecular flexibility index (Phi) is 5.29. The van der Waals surface area contributed by atoms with Crippen LogP contribution in [0.5, 0.6) is 0 Å². The van der Waals surface area contributed by atoms with E-state index in [1.54, 1.807) is 11.0 Å². The molecule has 4 nitrogen and oxygen atoms in total. The van der Waals surface area contributed by atoms with Crippen LogP contribution < -0.4 is 0 Å². The summed E-state index contributed by atoms with van der Waals surface area (Å²) in [5, 5.41) is 0. The van der Waals surface area contributed by atoms with Crippen LogP contribution >= 0.6 is 15.9 Å². The predicted molar refractivity (Wildman–Crippen MR) is 102 cm³/mol. The molecule has 0 aromatic heterocycles. The molecule has 0 spiro atoms. The molecule has 3 rings (SSSR count). The first-order chi connectivity index (χ1) is 11.9. The van der Waals surface area contributed by atoms with E-state index in [0.29, 0.717) is 18.5 Å². The molecule has 1 fully saturated rings. The zero-order valence-corrected chi connectivity index (χ0v) is 16.4. The van der Waals surface area contributed by atoms with Crippen molar-refractivity contribution in [3.05, 3.63) is 69.7 Å². The lowest BCUT2D eigenvalue weighted by molar-refractivity contribution is 0.0680. The molecule has 1 aliphatic heterocycles. The summed E-state index contributed by atoms with van der Waals surface area (Å²) in [6, 6.07) is 14.9. The summed E-state index contributed by atoms with van der Waals surface area (Å²) in [5.41, 5.74) is 2.50. The Morgan fingerprint density at radius 2 is 1.96 bits per heavy atom. The second kappa shape index (κ2) is 7.30. The van der Waals surface area contributed by atoms with Crippen LogP contribution in [0.25, 0.3) is 0 Å². The largest absolute Gasteiger partial charge is 0.330 e. The van der Waals surface area contributed by atoms with Gasteiger partial charge in [-0.3, -0.25) is 4.79 Å². The second-order valence-electron chi connectivity index (χ2n) is 6.43. The third-order valence-corrected chi connectivity index (χ3v) is 6.77. The highest BCUT2D eigenvalue weighted by molar-refractivity contribution is 9.10. The summed E-state index contributed by atoms with van der Waals surface area (Å²) in [5.74, 6) is 0.0759. The molecule has 1 amide bonds. The Balaban J connectivity index is 1.94. The van der Waals surface area contributed by atoms with Gasteiger partial charge in [-0.2, -0.15) is 0 Å². The smallest absolute Gasteiger partial charge is 0.254 e. The molecule has 6 heteroatoms. The van der Waals surface area contributed by atoms with E-state index in [-0.39, 0.29) is 23.5 Å². The Morgan fingerprint density at radius 3 is 2.60 bits per heavy atom. The molecular weight excluding hydrogens is 402 g/mol. The van der Waals surface area contributed by atoms with Gasteiger partial charge in [0.05, 0.1) is 11.5 Å². The minimum atomic E-state index is -3.07. The van der Waals surface area contributed by atoms with Gasteiger partial charge < -0.3 is 4.90 Å². The molecule has 1 unspecified atom stereocenters. The van der Waals surface area contributed by atoms with Gasteiger partial charge in [-0.1, -0.05) is 46.3 Å². The summed E-state index contributed by atoms with van der Waals surface area (Å²) in [7, 11) is -3.07. The van der Waals surface area contributed by atoms with Gasteiger partial charge in [-0.05, 0) is 42.7 Å². The number of carbonyl (C=O) groups excluding carboxylic acids is 1. The van der Waals surface area contributed by atoms with Gasteiger partial charge >= 0.3 is 0 Å². The fraction of sp³-hybridized carbons (Fsp3) is 0.316. The number of carbonyl (C=O) groups is 1. The van der Waals surface area contributed by atoms with E-state index in [4.69, 9.17) is 0 Å². The molecule has 0 bridgehead atoms. The number of rotatable bonds is 4. The van der Waals surface area contributed by atoms with Crippen molar-refractivity contribution >= 4 is 31.7 Å². The maximum atomic E-state index is 13.2. The van der Waals surface area contributed by atoms with Crippen molar-refractivity contribution in [3.8, 4) is 0 Å². The zero-order chi connectivity index (χ0) is 18.0. The van der Waals surface area contributed by atoms with E-state index >= 15 is 0 Å². The third kappa shape index (κ3) is 4.30. The van der Waals surface area contributed by atoms with E-state index in [0.717, 1.165) is 15.6 Å². The van der Waals surface area contributed by atoms with Crippen LogP contribution in [0.2, 0.25) is 0 Å². The number of amides is 1. The fourth-order valence-electron chi connectivity index (χ4n) is 3.19. The average molecular weight is 422 g/mol. The van der Waals surface area contributed by atoms with Crippen molar-refractivity contribution < 1.29 is 13.2 Å².